The summed E-state index contributed by atoms with van der Waals surface area (Å²) in [7, 11) is 0. The van der Waals surface area contributed by atoms with Crippen LogP contribution in [-0.4, -0.2) is 11.8 Å². The highest BCUT2D eigenvalue weighted by Crippen LogP contribution is 2.51. The molecule has 2 fully saturated rings. The Hall–Kier alpha value is -2.10. The number of carbonyl (C=O) groups is 2. The number of benzene rings is 1. The first kappa shape index (κ1) is 15.4. The maximum atomic E-state index is 13.2. The highest BCUT2D eigenvalue weighted by Gasteiger charge is 2.57. The van der Waals surface area contributed by atoms with Crippen LogP contribution >= 0.6 is 0 Å². The van der Waals surface area contributed by atoms with Gasteiger partial charge in [-0.15, -0.1) is 0 Å². The average molecular weight is 324 g/mol. The summed E-state index contributed by atoms with van der Waals surface area (Å²) in [6, 6.07) is 0. The predicted molar refractivity (Wildman–Crippen MR) is 94.6 cm³/mol. The second kappa shape index (κ2) is 4.95. The van der Waals surface area contributed by atoms with E-state index in [1.165, 1.54) is 4.90 Å². The summed E-state index contributed by atoms with van der Waals surface area (Å²) in [4.78, 5) is 27.9. The third kappa shape index (κ3) is 1.74. The number of carbonyl (C=O) groups excluding carboxylic acids is 2. The molecule has 4 aliphatic rings. The topological polar surface area (TPSA) is 63.4 Å². The van der Waals surface area contributed by atoms with Gasteiger partial charge in [0.2, 0.25) is 11.8 Å². The molecule has 0 spiro atoms. The van der Waals surface area contributed by atoms with E-state index in [9.17, 15) is 9.59 Å². The number of nitrogens with two attached hydrogens (primary N) is 1. The Labute approximate surface area is 142 Å². The second-order valence-electron chi connectivity index (χ2n) is 7.62. The maximum absolute atomic E-state index is 13.2. The van der Waals surface area contributed by atoms with Gasteiger partial charge in [-0.3, -0.25) is 9.59 Å². The van der Waals surface area contributed by atoms with E-state index in [1.54, 1.807) is 0 Å². The first-order valence-corrected chi connectivity index (χ1v) is 8.76. The molecule has 1 aliphatic heterocycles. The number of hydrogen-bond acceptors (Lipinski definition) is 3. The molecule has 1 aromatic carbocycles. The molecule has 4 atom stereocenters. The van der Waals surface area contributed by atoms with Crippen LogP contribution < -0.4 is 10.6 Å². The Morgan fingerprint density at radius 2 is 1.25 bits per heavy atom. The molecule has 2 bridgehead atoms. The largest absolute Gasteiger partial charge is 0.398 e. The van der Waals surface area contributed by atoms with Gasteiger partial charge in [-0.1, -0.05) is 12.2 Å². The molecule has 1 saturated heterocycles. The van der Waals surface area contributed by atoms with Gasteiger partial charge in [-0.2, -0.15) is 0 Å². The zero-order chi connectivity index (χ0) is 17.3. The van der Waals surface area contributed by atoms with E-state index in [2.05, 4.69) is 12.2 Å². The van der Waals surface area contributed by atoms with E-state index in [1.807, 2.05) is 27.7 Å². The van der Waals surface area contributed by atoms with Gasteiger partial charge >= 0.3 is 0 Å². The molecule has 3 aliphatic carbocycles. The first-order chi connectivity index (χ1) is 11.3. The van der Waals surface area contributed by atoms with Gasteiger partial charge in [0.1, 0.15) is 0 Å². The van der Waals surface area contributed by atoms with Crippen LogP contribution in [0.2, 0.25) is 0 Å². The van der Waals surface area contributed by atoms with Gasteiger partial charge in [0, 0.05) is 5.69 Å². The minimum Gasteiger partial charge on any atom is -0.398 e. The molecule has 5 rings (SSSR count). The Bertz CT molecular complexity index is 747. The van der Waals surface area contributed by atoms with E-state index >= 15 is 0 Å². The number of nitrogen functional groups attached to an aromatic ring is 1. The molecular weight excluding hydrogens is 300 g/mol. The summed E-state index contributed by atoms with van der Waals surface area (Å²) in [5.74, 6) is 0.0742. The molecule has 24 heavy (non-hydrogen) atoms. The Balaban J connectivity index is 1.88. The predicted octanol–water partition coefficient (Wildman–Crippen LogP) is 3.20. The molecule has 2 N–H and O–H groups in total. The number of allylic oxidation sites excluding steroid dienone is 2. The number of nitrogens with zero attached hydrogens (tertiary/aromatic N) is 1. The Kier molecular flexibility index (Phi) is 3.18. The fraction of sp³-hybridized carbons (Fsp3) is 0.500. The Morgan fingerprint density at radius 3 is 1.62 bits per heavy atom. The van der Waals surface area contributed by atoms with Gasteiger partial charge in [0.15, 0.2) is 0 Å². The van der Waals surface area contributed by atoms with Crippen molar-refractivity contribution in [3.05, 3.63) is 34.4 Å². The lowest BCUT2D eigenvalue weighted by Crippen LogP contribution is -2.38. The molecule has 126 valence electrons. The molecule has 1 aromatic rings. The molecule has 1 heterocycles. The summed E-state index contributed by atoms with van der Waals surface area (Å²) >= 11 is 0. The third-order valence-electron chi connectivity index (χ3n) is 6.63. The van der Waals surface area contributed by atoms with Gasteiger partial charge in [0.05, 0.1) is 17.5 Å². The molecular formula is C20H24N2O2. The number of rotatable bonds is 1. The van der Waals surface area contributed by atoms with Gasteiger partial charge in [-0.05, 0) is 74.6 Å². The lowest BCUT2D eigenvalue weighted by Gasteiger charge is -2.38. The molecule has 0 aromatic heterocycles. The van der Waals surface area contributed by atoms with Crippen LogP contribution in [0.15, 0.2) is 12.2 Å². The molecule has 4 unspecified atom stereocenters. The van der Waals surface area contributed by atoms with E-state index in [-0.39, 0.29) is 35.5 Å². The Morgan fingerprint density at radius 1 is 0.833 bits per heavy atom. The molecule has 1 saturated carbocycles. The molecule has 2 amide bonds. The second-order valence-corrected chi connectivity index (χ2v) is 7.62. The third-order valence-corrected chi connectivity index (χ3v) is 6.63. The zero-order valence-electron chi connectivity index (χ0n) is 14.7. The number of fused-ring (bicyclic) bond motifs is 1. The van der Waals surface area contributed by atoms with E-state index in [4.69, 9.17) is 5.73 Å². The SMILES string of the molecule is Cc1c(C)c(N2C(=O)C3C4C=CC(CC4)C3C2=O)c(C)c(C)c1N. The fourth-order valence-corrected chi connectivity index (χ4v) is 4.95. The normalized spacial score (nSPS) is 31.1. The smallest absolute Gasteiger partial charge is 0.238 e. The number of amides is 2. The van der Waals surface area contributed by atoms with E-state index in [0.717, 1.165) is 46.5 Å². The zero-order valence-corrected chi connectivity index (χ0v) is 14.7. The fourth-order valence-electron chi connectivity index (χ4n) is 4.95. The van der Waals surface area contributed by atoms with Crippen LogP contribution in [0.4, 0.5) is 11.4 Å². The van der Waals surface area contributed by atoms with Crippen molar-refractivity contribution in [2.45, 2.75) is 40.5 Å². The lowest BCUT2D eigenvalue weighted by molar-refractivity contribution is -0.124. The molecule has 0 radical (unpaired) electrons. The van der Waals surface area contributed by atoms with Crippen LogP contribution in [0.1, 0.15) is 35.1 Å². The number of anilines is 2. The minimum atomic E-state index is -0.168. The van der Waals surface area contributed by atoms with Crippen molar-refractivity contribution < 1.29 is 9.59 Å². The molecule has 4 nitrogen and oxygen atoms in total. The summed E-state index contributed by atoms with van der Waals surface area (Å²) in [6.07, 6.45) is 6.35. The van der Waals surface area contributed by atoms with Crippen molar-refractivity contribution in [2.24, 2.45) is 23.7 Å². The standard InChI is InChI=1S/C20H24N2O2/c1-9-11(3)18(12(4)10(2)17(9)21)22-19(23)15-13-5-6-14(8-7-13)16(15)20(22)24/h5-6,13-16H,7-8,21H2,1-4H3. The highest BCUT2D eigenvalue weighted by molar-refractivity contribution is 6.23. The summed E-state index contributed by atoms with van der Waals surface area (Å²) in [5.41, 5.74) is 11.5. The highest BCUT2D eigenvalue weighted by atomic mass is 16.2. The van der Waals surface area contributed by atoms with Gasteiger partial charge < -0.3 is 5.73 Å². The first-order valence-electron chi connectivity index (χ1n) is 8.76. The maximum Gasteiger partial charge on any atom is 0.238 e. The minimum absolute atomic E-state index is 0.0150. The van der Waals surface area contributed by atoms with Crippen molar-refractivity contribution >= 4 is 23.2 Å². The number of imide groups is 1. The summed E-state index contributed by atoms with van der Waals surface area (Å²) < 4.78 is 0. The van der Waals surface area contributed by atoms with Crippen LogP contribution in [0.3, 0.4) is 0 Å². The number of hydrogen-bond donors (Lipinski definition) is 1. The summed E-state index contributed by atoms with van der Waals surface area (Å²) in [6.45, 7) is 7.85. The van der Waals surface area contributed by atoms with Crippen molar-refractivity contribution in [3.63, 3.8) is 0 Å². The monoisotopic (exact) mass is 324 g/mol. The van der Waals surface area contributed by atoms with Crippen LogP contribution in [-0.2, 0) is 9.59 Å². The van der Waals surface area contributed by atoms with Gasteiger partial charge in [0.25, 0.3) is 0 Å². The average Bonchev–Trinajstić information content (AvgIpc) is 2.87. The van der Waals surface area contributed by atoms with Crippen LogP contribution in [0.5, 0.6) is 0 Å². The van der Waals surface area contributed by atoms with E-state index in [0.29, 0.717) is 0 Å². The van der Waals surface area contributed by atoms with Crippen LogP contribution in [0, 0.1) is 51.4 Å². The summed E-state index contributed by atoms with van der Waals surface area (Å²) in [5, 5.41) is 0. The lowest BCUT2D eigenvalue weighted by atomic mass is 9.63. The van der Waals surface area contributed by atoms with Crippen molar-refractivity contribution in [3.8, 4) is 0 Å². The van der Waals surface area contributed by atoms with Gasteiger partial charge in [-0.25, -0.2) is 4.90 Å². The van der Waals surface area contributed by atoms with Crippen molar-refractivity contribution in [2.75, 3.05) is 10.6 Å². The van der Waals surface area contributed by atoms with E-state index < -0.39 is 0 Å². The van der Waals surface area contributed by atoms with Crippen molar-refractivity contribution in [1.29, 1.82) is 0 Å². The molecule has 4 heteroatoms. The van der Waals surface area contributed by atoms with Crippen molar-refractivity contribution in [1.82, 2.24) is 0 Å². The quantitative estimate of drug-likeness (QED) is 0.490. The van der Waals surface area contributed by atoms with Crippen LogP contribution in [0.25, 0.3) is 0 Å².